The number of carboxylic acids is 1. The molecular weight excluding hydrogens is 356 g/mol. The summed E-state index contributed by atoms with van der Waals surface area (Å²) in [7, 11) is 0. The molecular formula is C22H22N2O4. The minimum Gasteiger partial charge on any atom is -0.478 e. The number of anilines is 1. The van der Waals surface area contributed by atoms with E-state index in [1.807, 2.05) is 12.1 Å². The van der Waals surface area contributed by atoms with Crippen LogP contribution in [0.1, 0.15) is 48.0 Å². The van der Waals surface area contributed by atoms with E-state index in [1.165, 1.54) is 17.7 Å². The molecule has 28 heavy (non-hydrogen) atoms. The van der Waals surface area contributed by atoms with Crippen LogP contribution in [-0.2, 0) is 11.2 Å². The lowest BCUT2D eigenvalue weighted by Gasteiger charge is -2.05. The molecule has 0 atom stereocenters. The average Bonchev–Trinajstić information content (AvgIpc) is 3.16. The Kier molecular flexibility index (Phi) is 5.89. The molecule has 6 heteroatoms. The number of aromatic carboxylic acids is 1. The Labute approximate surface area is 163 Å². The van der Waals surface area contributed by atoms with E-state index in [9.17, 15) is 9.59 Å². The van der Waals surface area contributed by atoms with Gasteiger partial charge in [0.15, 0.2) is 11.7 Å². The molecule has 0 aliphatic carbocycles. The number of hydrogen-bond acceptors (Lipinski definition) is 4. The molecule has 0 radical (unpaired) electrons. The first kappa shape index (κ1) is 19.4. The van der Waals surface area contributed by atoms with E-state index in [1.54, 1.807) is 18.3 Å². The quantitative estimate of drug-likeness (QED) is 0.620. The molecule has 1 heterocycles. The summed E-state index contributed by atoms with van der Waals surface area (Å²) in [6.45, 7) is 4.29. The average molecular weight is 378 g/mol. The molecule has 1 aromatic heterocycles. The number of carbonyl (C=O) groups is 2. The molecule has 0 spiro atoms. The van der Waals surface area contributed by atoms with Gasteiger partial charge in [-0.1, -0.05) is 44.2 Å². The molecule has 0 saturated carbocycles. The summed E-state index contributed by atoms with van der Waals surface area (Å²) in [6, 6.07) is 14.3. The number of oxazole rings is 1. The van der Waals surface area contributed by atoms with Crippen molar-refractivity contribution in [1.29, 1.82) is 0 Å². The maximum absolute atomic E-state index is 12.1. The van der Waals surface area contributed by atoms with Crippen molar-refractivity contribution in [1.82, 2.24) is 4.98 Å². The highest BCUT2D eigenvalue weighted by molar-refractivity contribution is 5.93. The number of benzene rings is 2. The van der Waals surface area contributed by atoms with Crippen molar-refractivity contribution in [3.8, 4) is 11.3 Å². The van der Waals surface area contributed by atoms with E-state index >= 15 is 0 Å². The first-order valence-electron chi connectivity index (χ1n) is 9.10. The van der Waals surface area contributed by atoms with Gasteiger partial charge in [0.1, 0.15) is 0 Å². The lowest BCUT2D eigenvalue weighted by Crippen LogP contribution is -2.12. The lowest BCUT2D eigenvalue weighted by molar-refractivity contribution is -0.116. The summed E-state index contributed by atoms with van der Waals surface area (Å²) in [5, 5.41) is 11.7. The molecule has 2 N–H and O–H groups in total. The maximum atomic E-state index is 12.1. The number of amides is 1. The van der Waals surface area contributed by atoms with Gasteiger partial charge in [0.05, 0.1) is 11.8 Å². The molecule has 0 unspecified atom stereocenters. The second kappa shape index (κ2) is 8.52. The summed E-state index contributed by atoms with van der Waals surface area (Å²) in [5.74, 6) is 0.347. The van der Waals surface area contributed by atoms with Crippen LogP contribution in [0, 0.1) is 0 Å². The second-order valence-electron chi connectivity index (χ2n) is 6.83. The first-order valence-corrected chi connectivity index (χ1v) is 9.10. The van der Waals surface area contributed by atoms with Crippen LogP contribution < -0.4 is 5.32 Å². The molecule has 1 amide bonds. The SMILES string of the molecule is CC(C)c1ccc(-c2cnc(CCC(=O)Nc3cccc(C(=O)O)c3)o2)cc1. The molecule has 3 rings (SSSR count). The van der Waals surface area contributed by atoms with Gasteiger partial charge in [0, 0.05) is 24.1 Å². The van der Waals surface area contributed by atoms with Crippen LogP contribution in [0.3, 0.4) is 0 Å². The van der Waals surface area contributed by atoms with Crippen LogP contribution in [0.25, 0.3) is 11.3 Å². The molecule has 3 aromatic rings. The largest absolute Gasteiger partial charge is 0.478 e. The normalized spacial score (nSPS) is 10.8. The molecule has 2 aromatic carbocycles. The number of carboxylic acid groups (broad SMARTS) is 1. The molecule has 0 bridgehead atoms. The van der Waals surface area contributed by atoms with Crippen LogP contribution in [0.15, 0.2) is 59.1 Å². The Morgan fingerprint density at radius 1 is 1.14 bits per heavy atom. The highest BCUT2D eigenvalue weighted by atomic mass is 16.4. The summed E-state index contributed by atoms with van der Waals surface area (Å²) in [5.41, 5.74) is 2.77. The van der Waals surface area contributed by atoms with Crippen molar-refractivity contribution in [3.05, 3.63) is 71.7 Å². The predicted molar refractivity (Wildman–Crippen MR) is 106 cm³/mol. The fraction of sp³-hybridized carbons (Fsp3) is 0.227. The number of aromatic nitrogens is 1. The number of aryl methyl sites for hydroxylation is 1. The standard InChI is InChI=1S/C22H22N2O4/c1-14(2)15-6-8-16(9-7-15)19-13-23-21(28-19)11-10-20(25)24-18-5-3-4-17(12-18)22(26)27/h3-9,12-14H,10-11H2,1-2H3,(H,24,25)(H,26,27). The van der Waals surface area contributed by atoms with Gasteiger partial charge >= 0.3 is 5.97 Å². The molecule has 6 nitrogen and oxygen atoms in total. The topological polar surface area (TPSA) is 92.4 Å². The number of nitrogens with one attached hydrogen (secondary N) is 1. The zero-order chi connectivity index (χ0) is 20.1. The zero-order valence-electron chi connectivity index (χ0n) is 15.8. The Morgan fingerprint density at radius 3 is 2.57 bits per heavy atom. The van der Waals surface area contributed by atoms with Crippen LogP contribution in [-0.4, -0.2) is 22.0 Å². The van der Waals surface area contributed by atoms with Crippen molar-refractivity contribution in [3.63, 3.8) is 0 Å². The third-order valence-electron chi connectivity index (χ3n) is 4.37. The van der Waals surface area contributed by atoms with Gasteiger partial charge in [0.2, 0.25) is 5.91 Å². The third-order valence-corrected chi connectivity index (χ3v) is 4.37. The fourth-order valence-electron chi connectivity index (χ4n) is 2.77. The Hall–Kier alpha value is -3.41. The minimum absolute atomic E-state index is 0.124. The smallest absolute Gasteiger partial charge is 0.335 e. The molecule has 0 saturated heterocycles. The van der Waals surface area contributed by atoms with Gasteiger partial charge in [-0.2, -0.15) is 0 Å². The van der Waals surface area contributed by atoms with Crippen LogP contribution in [0.5, 0.6) is 0 Å². The second-order valence-corrected chi connectivity index (χ2v) is 6.83. The van der Waals surface area contributed by atoms with Crippen LogP contribution >= 0.6 is 0 Å². The fourth-order valence-corrected chi connectivity index (χ4v) is 2.77. The number of hydrogen-bond donors (Lipinski definition) is 2. The van der Waals surface area contributed by atoms with E-state index < -0.39 is 5.97 Å². The first-order chi connectivity index (χ1) is 13.4. The summed E-state index contributed by atoms with van der Waals surface area (Å²) in [4.78, 5) is 27.3. The Balaban J connectivity index is 1.57. The predicted octanol–water partition coefficient (Wildman–Crippen LogP) is 4.73. The van der Waals surface area contributed by atoms with Gasteiger partial charge in [-0.05, 0) is 29.7 Å². The van der Waals surface area contributed by atoms with Crippen LogP contribution in [0.2, 0.25) is 0 Å². The summed E-state index contributed by atoms with van der Waals surface area (Å²) in [6.07, 6.45) is 2.20. The van der Waals surface area contributed by atoms with Crippen molar-refractivity contribution in [2.45, 2.75) is 32.6 Å². The number of nitrogens with zero attached hydrogens (tertiary/aromatic N) is 1. The van der Waals surface area contributed by atoms with E-state index in [0.717, 1.165) is 5.56 Å². The van der Waals surface area contributed by atoms with Crippen LogP contribution in [0.4, 0.5) is 5.69 Å². The van der Waals surface area contributed by atoms with Gasteiger partial charge in [0.25, 0.3) is 0 Å². The molecule has 0 aliphatic rings. The third kappa shape index (κ3) is 4.85. The van der Waals surface area contributed by atoms with Crippen molar-refractivity contribution in [2.75, 3.05) is 5.32 Å². The van der Waals surface area contributed by atoms with E-state index in [4.69, 9.17) is 9.52 Å². The monoisotopic (exact) mass is 378 g/mol. The van der Waals surface area contributed by atoms with E-state index in [2.05, 4.69) is 36.3 Å². The highest BCUT2D eigenvalue weighted by Gasteiger charge is 2.11. The lowest BCUT2D eigenvalue weighted by atomic mass is 10.0. The van der Waals surface area contributed by atoms with Crippen molar-refractivity contribution < 1.29 is 19.1 Å². The number of carbonyl (C=O) groups excluding carboxylic acids is 1. The Bertz CT molecular complexity index is 974. The van der Waals surface area contributed by atoms with Gasteiger partial charge in [-0.15, -0.1) is 0 Å². The zero-order valence-corrected chi connectivity index (χ0v) is 15.8. The molecule has 0 fully saturated rings. The maximum Gasteiger partial charge on any atom is 0.335 e. The minimum atomic E-state index is -1.04. The molecule has 0 aliphatic heterocycles. The van der Waals surface area contributed by atoms with Gasteiger partial charge in [-0.25, -0.2) is 9.78 Å². The molecule has 144 valence electrons. The summed E-state index contributed by atoms with van der Waals surface area (Å²) >= 11 is 0. The van der Waals surface area contributed by atoms with E-state index in [0.29, 0.717) is 29.7 Å². The Morgan fingerprint density at radius 2 is 1.89 bits per heavy atom. The highest BCUT2D eigenvalue weighted by Crippen LogP contribution is 2.23. The van der Waals surface area contributed by atoms with Gasteiger partial charge in [-0.3, -0.25) is 4.79 Å². The van der Waals surface area contributed by atoms with Crippen molar-refractivity contribution >= 4 is 17.6 Å². The summed E-state index contributed by atoms with van der Waals surface area (Å²) < 4.78 is 5.75. The van der Waals surface area contributed by atoms with Crippen molar-refractivity contribution in [2.24, 2.45) is 0 Å². The van der Waals surface area contributed by atoms with E-state index in [-0.39, 0.29) is 17.9 Å². The number of rotatable bonds is 7. The van der Waals surface area contributed by atoms with Gasteiger partial charge < -0.3 is 14.8 Å².